The zero-order valence-electron chi connectivity index (χ0n) is 13.1. The highest BCUT2D eigenvalue weighted by Gasteiger charge is 2.16. The smallest absolute Gasteiger partial charge is 0.103 e. The molecular weight excluding hydrogens is 248 g/mol. The van der Waals surface area contributed by atoms with Gasteiger partial charge in [-0.05, 0) is 57.9 Å². The average Bonchev–Trinajstić information content (AvgIpc) is 2.80. The van der Waals surface area contributed by atoms with Gasteiger partial charge in [0.15, 0.2) is 0 Å². The van der Waals surface area contributed by atoms with Crippen LogP contribution in [0.3, 0.4) is 0 Å². The topological polar surface area (TPSA) is 42.7 Å². The molecule has 4 heteroatoms. The monoisotopic (exact) mass is 272 g/mol. The number of aromatic nitrogens is 3. The van der Waals surface area contributed by atoms with Crippen molar-refractivity contribution in [2.75, 3.05) is 6.54 Å². The van der Waals surface area contributed by atoms with Crippen molar-refractivity contribution in [2.24, 2.45) is 0 Å². The number of aryl methyl sites for hydroxylation is 2. The highest BCUT2D eigenvalue weighted by Crippen LogP contribution is 2.20. The van der Waals surface area contributed by atoms with E-state index in [1.807, 2.05) is 4.68 Å². The lowest BCUT2D eigenvalue weighted by Crippen LogP contribution is -2.20. The summed E-state index contributed by atoms with van der Waals surface area (Å²) >= 11 is 0. The van der Waals surface area contributed by atoms with E-state index in [1.165, 1.54) is 11.1 Å². The Bertz CT molecular complexity index is 586. The molecule has 0 fully saturated rings. The highest BCUT2D eigenvalue weighted by atomic mass is 15.4. The maximum Gasteiger partial charge on any atom is 0.103 e. The van der Waals surface area contributed by atoms with Crippen molar-refractivity contribution in [2.45, 2.75) is 47.1 Å². The maximum absolute atomic E-state index is 4.37. The second-order valence-electron chi connectivity index (χ2n) is 5.44. The molecule has 1 aromatic heterocycles. The fourth-order valence-corrected chi connectivity index (χ4v) is 2.37. The van der Waals surface area contributed by atoms with Crippen LogP contribution in [0, 0.1) is 20.8 Å². The number of hydrogen-bond acceptors (Lipinski definition) is 3. The molecule has 20 heavy (non-hydrogen) atoms. The predicted molar refractivity (Wildman–Crippen MR) is 82.3 cm³/mol. The first-order chi connectivity index (χ1) is 9.54. The molecule has 0 saturated carbocycles. The van der Waals surface area contributed by atoms with Crippen molar-refractivity contribution >= 4 is 0 Å². The third-order valence-corrected chi connectivity index (χ3v) is 3.63. The van der Waals surface area contributed by atoms with E-state index >= 15 is 0 Å². The summed E-state index contributed by atoms with van der Waals surface area (Å²) in [5.41, 5.74) is 5.70. The lowest BCUT2D eigenvalue weighted by Gasteiger charge is -2.12. The molecule has 0 spiro atoms. The van der Waals surface area contributed by atoms with Crippen molar-refractivity contribution < 1.29 is 0 Å². The first-order valence-electron chi connectivity index (χ1n) is 7.27. The number of rotatable bonds is 5. The summed E-state index contributed by atoms with van der Waals surface area (Å²) in [6.07, 6.45) is 1.12. The molecule has 0 aliphatic rings. The third-order valence-electron chi connectivity index (χ3n) is 3.63. The summed E-state index contributed by atoms with van der Waals surface area (Å²) in [4.78, 5) is 0. The molecule has 2 aromatic rings. The van der Waals surface area contributed by atoms with Crippen LogP contribution in [-0.4, -0.2) is 21.5 Å². The van der Waals surface area contributed by atoms with Gasteiger partial charge in [0.2, 0.25) is 0 Å². The Morgan fingerprint density at radius 1 is 1.25 bits per heavy atom. The molecule has 1 atom stereocenters. The van der Waals surface area contributed by atoms with Gasteiger partial charge in [-0.2, -0.15) is 0 Å². The summed E-state index contributed by atoms with van der Waals surface area (Å²) < 4.78 is 1.95. The van der Waals surface area contributed by atoms with Crippen molar-refractivity contribution in [3.05, 3.63) is 40.7 Å². The van der Waals surface area contributed by atoms with Gasteiger partial charge >= 0.3 is 0 Å². The Labute approximate surface area is 121 Å². The number of benzene rings is 1. The molecule has 4 nitrogen and oxygen atoms in total. The lowest BCUT2D eigenvalue weighted by molar-refractivity contribution is 0.555. The number of nitrogens with zero attached hydrogens (tertiary/aromatic N) is 3. The van der Waals surface area contributed by atoms with Crippen molar-refractivity contribution in [3.63, 3.8) is 0 Å². The lowest BCUT2D eigenvalue weighted by atomic mass is 10.1. The first-order valence-corrected chi connectivity index (χ1v) is 7.27. The molecule has 0 aliphatic carbocycles. The maximum atomic E-state index is 4.37. The summed E-state index contributed by atoms with van der Waals surface area (Å²) in [6, 6.07) is 6.64. The van der Waals surface area contributed by atoms with Crippen molar-refractivity contribution in [1.82, 2.24) is 20.3 Å². The van der Waals surface area contributed by atoms with E-state index in [0.717, 1.165) is 30.0 Å². The van der Waals surface area contributed by atoms with E-state index in [2.05, 4.69) is 68.4 Å². The van der Waals surface area contributed by atoms with Gasteiger partial charge in [-0.3, -0.25) is 0 Å². The Hall–Kier alpha value is -1.68. The SMILES string of the molecule is CCCNC(C)c1nnn(-c2cc(C)ccc2C)c1C. The number of nitrogens with one attached hydrogen (secondary N) is 1. The summed E-state index contributed by atoms with van der Waals surface area (Å²) in [7, 11) is 0. The van der Waals surface area contributed by atoms with Crippen LogP contribution >= 0.6 is 0 Å². The van der Waals surface area contributed by atoms with Crippen LogP contribution in [0.25, 0.3) is 5.69 Å². The molecule has 1 heterocycles. The van der Waals surface area contributed by atoms with Gasteiger partial charge in [0.1, 0.15) is 5.69 Å². The summed E-state index contributed by atoms with van der Waals surface area (Å²) in [5, 5.41) is 12.2. The van der Waals surface area contributed by atoms with E-state index in [0.29, 0.717) is 0 Å². The van der Waals surface area contributed by atoms with Gasteiger partial charge in [0.05, 0.1) is 17.4 Å². The van der Waals surface area contributed by atoms with E-state index < -0.39 is 0 Å². The Kier molecular flexibility index (Phi) is 4.55. The summed E-state index contributed by atoms with van der Waals surface area (Å²) in [6.45, 7) is 11.6. The fourth-order valence-electron chi connectivity index (χ4n) is 2.37. The van der Waals surface area contributed by atoms with Gasteiger partial charge in [0, 0.05) is 0 Å². The van der Waals surface area contributed by atoms with Gasteiger partial charge in [-0.25, -0.2) is 4.68 Å². The average molecular weight is 272 g/mol. The van der Waals surface area contributed by atoms with Crippen LogP contribution in [-0.2, 0) is 0 Å². The van der Waals surface area contributed by atoms with Crippen LogP contribution in [0.1, 0.15) is 48.8 Å². The molecule has 1 unspecified atom stereocenters. The van der Waals surface area contributed by atoms with Crippen LogP contribution in [0.5, 0.6) is 0 Å². The fraction of sp³-hybridized carbons (Fsp3) is 0.500. The molecule has 108 valence electrons. The molecular formula is C16H24N4. The quantitative estimate of drug-likeness (QED) is 0.908. The van der Waals surface area contributed by atoms with Gasteiger partial charge in [-0.15, -0.1) is 5.10 Å². The minimum Gasteiger partial charge on any atom is -0.309 e. The Morgan fingerprint density at radius 2 is 2.00 bits per heavy atom. The molecule has 0 amide bonds. The van der Waals surface area contributed by atoms with E-state index in [1.54, 1.807) is 0 Å². The molecule has 0 radical (unpaired) electrons. The molecule has 2 rings (SSSR count). The van der Waals surface area contributed by atoms with Crippen LogP contribution in [0.15, 0.2) is 18.2 Å². The van der Waals surface area contributed by atoms with E-state index in [-0.39, 0.29) is 6.04 Å². The predicted octanol–water partition coefficient (Wildman–Crippen LogP) is 3.25. The van der Waals surface area contributed by atoms with Gasteiger partial charge in [-0.1, -0.05) is 24.3 Å². The van der Waals surface area contributed by atoms with E-state index in [4.69, 9.17) is 0 Å². The minimum atomic E-state index is 0.230. The summed E-state index contributed by atoms with van der Waals surface area (Å²) in [5.74, 6) is 0. The second kappa shape index (κ2) is 6.18. The zero-order valence-corrected chi connectivity index (χ0v) is 13.1. The van der Waals surface area contributed by atoms with Gasteiger partial charge in [0.25, 0.3) is 0 Å². The van der Waals surface area contributed by atoms with Crippen LogP contribution in [0.2, 0.25) is 0 Å². The first kappa shape index (κ1) is 14.7. The largest absolute Gasteiger partial charge is 0.309 e. The standard InChI is InChI=1S/C16H24N4/c1-6-9-17-13(4)16-14(5)20(19-18-16)15-10-11(2)7-8-12(15)3/h7-8,10,13,17H,6,9H2,1-5H3. The molecule has 0 bridgehead atoms. The van der Waals surface area contributed by atoms with E-state index in [9.17, 15) is 0 Å². The molecule has 0 aliphatic heterocycles. The third kappa shape index (κ3) is 2.90. The highest BCUT2D eigenvalue weighted by molar-refractivity contribution is 5.43. The Balaban J connectivity index is 2.35. The van der Waals surface area contributed by atoms with Crippen LogP contribution in [0.4, 0.5) is 0 Å². The normalized spacial score (nSPS) is 12.7. The number of hydrogen-bond donors (Lipinski definition) is 1. The van der Waals surface area contributed by atoms with Crippen molar-refractivity contribution in [3.8, 4) is 5.69 Å². The van der Waals surface area contributed by atoms with Crippen molar-refractivity contribution in [1.29, 1.82) is 0 Å². The zero-order chi connectivity index (χ0) is 14.7. The molecule has 1 aromatic carbocycles. The Morgan fingerprint density at radius 3 is 2.70 bits per heavy atom. The van der Waals surface area contributed by atoms with Gasteiger partial charge < -0.3 is 5.32 Å². The molecule has 1 N–H and O–H groups in total. The second-order valence-corrected chi connectivity index (χ2v) is 5.44. The minimum absolute atomic E-state index is 0.230. The molecule has 0 saturated heterocycles. The van der Waals surface area contributed by atoms with Crippen LogP contribution < -0.4 is 5.32 Å².